The molecule has 0 aliphatic heterocycles. The first-order valence-corrected chi connectivity index (χ1v) is 7.49. The van der Waals surface area contributed by atoms with E-state index in [4.69, 9.17) is 5.73 Å². The lowest BCUT2D eigenvalue weighted by Crippen LogP contribution is -2.06. The number of aryl methyl sites for hydroxylation is 1. The van der Waals surface area contributed by atoms with E-state index in [2.05, 4.69) is 0 Å². The second-order valence-electron chi connectivity index (χ2n) is 5.43. The van der Waals surface area contributed by atoms with E-state index in [0.29, 0.717) is 12.1 Å². The zero-order valence-corrected chi connectivity index (χ0v) is 12.2. The van der Waals surface area contributed by atoms with Crippen LogP contribution in [0.1, 0.15) is 56.9 Å². The van der Waals surface area contributed by atoms with Gasteiger partial charge in [-0.05, 0) is 43.0 Å². The summed E-state index contributed by atoms with van der Waals surface area (Å²) in [5.74, 6) is -0.274. The molecule has 0 amide bonds. The molecule has 0 aliphatic rings. The number of nitrogens with two attached hydrogens (primary N) is 1. The number of unbranched alkanes of at least 4 members (excludes halogenated alkanes) is 6. The lowest BCUT2D eigenvalue weighted by molar-refractivity contribution is -0.135. The van der Waals surface area contributed by atoms with Crippen molar-refractivity contribution in [1.82, 2.24) is 0 Å². The fraction of sp³-hybridized carbons (Fsp3) is 0.625. The van der Waals surface area contributed by atoms with Gasteiger partial charge in [-0.2, -0.15) is 13.2 Å². The van der Waals surface area contributed by atoms with Crippen LogP contribution in [0.25, 0.3) is 0 Å². The monoisotopic (exact) mass is 305 g/mol. The molecule has 0 unspecified atom stereocenters. The Hall–Kier alpha value is -1.26. The van der Waals surface area contributed by atoms with Crippen LogP contribution in [-0.4, -0.2) is 6.18 Å². The van der Waals surface area contributed by atoms with Crippen molar-refractivity contribution in [3.63, 3.8) is 0 Å². The molecular weight excluding hydrogens is 282 g/mol. The van der Waals surface area contributed by atoms with Gasteiger partial charge < -0.3 is 5.73 Å². The van der Waals surface area contributed by atoms with Gasteiger partial charge in [0.05, 0.1) is 0 Å². The highest BCUT2D eigenvalue weighted by Crippen LogP contribution is 2.23. The van der Waals surface area contributed by atoms with Gasteiger partial charge in [0.2, 0.25) is 0 Å². The van der Waals surface area contributed by atoms with Gasteiger partial charge in [-0.15, -0.1) is 0 Å². The SMILES string of the molecule is Nc1ccc(F)cc1CCCCCCCCCC(F)(F)F. The molecule has 21 heavy (non-hydrogen) atoms. The summed E-state index contributed by atoms with van der Waals surface area (Å²) in [4.78, 5) is 0. The van der Waals surface area contributed by atoms with Crippen molar-refractivity contribution in [3.05, 3.63) is 29.6 Å². The molecule has 0 radical (unpaired) electrons. The van der Waals surface area contributed by atoms with Gasteiger partial charge in [0.1, 0.15) is 5.82 Å². The second-order valence-corrected chi connectivity index (χ2v) is 5.43. The molecule has 0 aliphatic carbocycles. The molecule has 1 aromatic carbocycles. The van der Waals surface area contributed by atoms with Crippen molar-refractivity contribution in [3.8, 4) is 0 Å². The zero-order chi connectivity index (χ0) is 15.7. The molecule has 120 valence electrons. The summed E-state index contributed by atoms with van der Waals surface area (Å²) in [6.07, 6.45) is 1.63. The van der Waals surface area contributed by atoms with Crippen molar-refractivity contribution in [2.24, 2.45) is 0 Å². The second kappa shape index (κ2) is 8.90. The van der Waals surface area contributed by atoms with Gasteiger partial charge in [0.15, 0.2) is 0 Å². The van der Waals surface area contributed by atoms with Gasteiger partial charge in [0.25, 0.3) is 0 Å². The van der Waals surface area contributed by atoms with Crippen LogP contribution in [0, 0.1) is 5.82 Å². The first kappa shape index (κ1) is 17.8. The molecule has 1 nitrogen and oxygen atoms in total. The van der Waals surface area contributed by atoms with Crippen molar-refractivity contribution in [2.75, 3.05) is 5.73 Å². The van der Waals surface area contributed by atoms with Crippen molar-refractivity contribution >= 4 is 5.69 Å². The molecule has 0 aromatic heterocycles. The Morgan fingerprint density at radius 3 is 2.05 bits per heavy atom. The normalized spacial score (nSPS) is 11.8. The number of benzene rings is 1. The maximum Gasteiger partial charge on any atom is 0.389 e. The Bertz CT molecular complexity index is 415. The molecule has 5 heteroatoms. The van der Waals surface area contributed by atoms with E-state index in [-0.39, 0.29) is 12.2 Å². The Kier molecular flexibility index (Phi) is 7.54. The van der Waals surface area contributed by atoms with Crippen LogP contribution in [0.5, 0.6) is 0 Å². The van der Waals surface area contributed by atoms with E-state index in [9.17, 15) is 17.6 Å². The third-order valence-electron chi connectivity index (χ3n) is 3.51. The fourth-order valence-electron chi connectivity index (χ4n) is 2.32. The predicted octanol–water partition coefficient (Wildman–Crippen LogP) is 5.63. The standard InChI is InChI=1S/C16H23F4N/c17-14-9-10-15(21)13(12-14)8-6-4-2-1-3-5-7-11-16(18,19)20/h9-10,12H,1-8,11,21H2. The van der Waals surface area contributed by atoms with Gasteiger partial charge in [-0.3, -0.25) is 0 Å². The number of halogens is 4. The molecule has 0 heterocycles. The average Bonchev–Trinajstić information content (AvgIpc) is 2.39. The maximum absolute atomic E-state index is 13.0. The minimum atomic E-state index is -4.02. The number of anilines is 1. The minimum absolute atomic E-state index is 0.226. The van der Waals surface area contributed by atoms with Crippen LogP contribution >= 0.6 is 0 Å². The zero-order valence-electron chi connectivity index (χ0n) is 12.2. The van der Waals surface area contributed by atoms with Crippen molar-refractivity contribution in [1.29, 1.82) is 0 Å². The smallest absolute Gasteiger partial charge is 0.389 e. The number of rotatable bonds is 9. The van der Waals surface area contributed by atoms with Gasteiger partial charge in [-0.1, -0.05) is 32.1 Å². The topological polar surface area (TPSA) is 26.0 Å². The molecule has 2 N–H and O–H groups in total. The molecule has 0 spiro atoms. The Labute approximate surface area is 123 Å². The Morgan fingerprint density at radius 1 is 0.857 bits per heavy atom. The third kappa shape index (κ3) is 8.58. The highest BCUT2D eigenvalue weighted by Gasteiger charge is 2.25. The largest absolute Gasteiger partial charge is 0.399 e. The van der Waals surface area contributed by atoms with Gasteiger partial charge in [0, 0.05) is 12.1 Å². The quantitative estimate of drug-likeness (QED) is 0.357. The van der Waals surface area contributed by atoms with Crippen LogP contribution in [0.2, 0.25) is 0 Å². The lowest BCUT2D eigenvalue weighted by Gasteiger charge is -2.07. The lowest BCUT2D eigenvalue weighted by atomic mass is 10.0. The molecule has 0 atom stereocenters. The molecular formula is C16H23F4N. The highest BCUT2D eigenvalue weighted by atomic mass is 19.4. The summed E-state index contributed by atoms with van der Waals surface area (Å²) in [6.45, 7) is 0. The average molecular weight is 305 g/mol. The fourth-order valence-corrected chi connectivity index (χ4v) is 2.32. The first-order valence-electron chi connectivity index (χ1n) is 7.49. The number of nitrogen functional groups attached to an aromatic ring is 1. The van der Waals surface area contributed by atoms with Crippen molar-refractivity contribution < 1.29 is 17.6 Å². The van der Waals surface area contributed by atoms with Crippen LogP contribution in [0.15, 0.2) is 18.2 Å². The molecule has 1 rings (SSSR count). The van der Waals surface area contributed by atoms with E-state index >= 15 is 0 Å². The summed E-state index contributed by atoms with van der Waals surface area (Å²) in [6, 6.07) is 4.39. The molecule has 0 fully saturated rings. The van der Waals surface area contributed by atoms with Crippen LogP contribution in [-0.2, 0) is 6.42 Å². The molecule has 0 saturated heterocycles. The van der Waals surface area contributed by atoms with Gasteiger partial charge in [-0.25, -0.2) is 4.39 Å². The number of alkyl halides is 3. The molecule has 0 saturated carbocycles. The summed E-state index contributed by atoms with van der Waals surface area (Å²) in [5.41, 5.74) is 7.21. The van der Waals surface area contributed by atoms with E-state index in [1.165, 1.54) is 12.1 Å². The summed E-state index contributed by atoms with van der Waals surface area (Å²) in [5, 5.41) is 0. The van der Waals surface area contributed by atoms with Crippen molar-refractivity contribution in [2.45, 2.75) is 64.0 Å². The molecule has 1 aromatic rings. The van der Waals surface area contributed by atoms with Crippen LogP contribution in [0.3, 0.4) is 0 Å². The summed E-state index contributed by atoms with van der Waals surface area (Å²) in [7, 11) is 0. The first-order chi connectivity index (χ1) is 9.88. The van der Waals surface area contributed by atoms with E-state index in [1.807, 2.05) is 0 Å². The number of hydrogen-bond donors (Lipinski definition) is 1. The minimum Gasteiger partial charge on any atom is -0.399 e. The Balaban J connectivity index is 2.01. The number of hydrogen-bond acceptors (Lipinski definition) is 1. The molecule has 0 bridgehead atoms. The van der Waals surface area contributed by atoms with E-state index < -0.39 is 12.6 Å². The van der Waals surface area contributed by atoms with Gasteiger partial charge >= 0.3 is 6.18 Å². The van der Waals surface area contributed by atoms with Crippen LogP contribution in [0.4, 0.5) is 23.2 Å². The van der Waals surface area contributed by atoms with E-state index in [1.54, 1.807) is 6.07 Å². The summed E-state index contributed by atoms with van der Waals surface area (Å²) < 4.78 is 48.8. The predicted molar refractivity (Wildman–Crippen MR) is 77.5 cm³/mol. The highest BCUT2D eigenvalue weighted by molar-refractivity contribution is 5.46. The van der Waals surface area contributed by atoms with E-state index in [0.717, 1.165) is 44.1 Å². The Morgan fingerprint density at radius 2 is 1.43 bits per heavy atom. The third-order valence-corrected chi connectivity index (χ3v) is 3.51. The summed E-state index contributed by atoms with van der Waals surface area (Å²) >= 11 is 0. The maximum atomic E-state index is 13.0. The van der Waals surface area contributed by atoms with Crippen LogP contribution < -0.4 is 5.73 Å².